The molecule has 6 nitrogen and oxygen atoms in total. The molecule has 6 heteroatoms. The van der Waals surface area contributed by atoms with Gasteiger partial charge in [0.05, 0.1) is 18.8 Å². The minimum Gasteiger partial charge on any atom is -0.494 e. The Kier molecular flexibility index (Phi) is 6.47. The summed E-state index contributed by atoms with van der Waals surface area (Å²) in [5, 5.41) is 6.41. The van der Waals surface area contributed by atoms with Crippen molar-refractivity contribution in [3.8, 4) is 5.75 Å². The highest BCUT2D eigenvalue weighted by Crippen LogP contribution is 2.08. The van der Waals surface area contributed by atoms with Gasteiger partial charge < -0.3 is 19.8 Å². The second-order valence-electron chi connectivity index (χ2n) is 5.12. The molecule has 0 spiro atoms. The lowest BCUT2D eigenvalue weighted by Crippen LogP contribution is -2.37. The highest BCUT2D eigenvalue weighted by Gasteiger charge is 2.06. The zero-order valence-electron chi connectivity index (χ0n) is 13.9. The van der Waals surface area contributed by atoms with Gasteiger partial charge in [0, 0.05) is 13.6 Å². The Labute approximate surface area is 137 Å². The van der Waals surface area contributed by atoms with Gasteiger partial charge in [0.15, 0.2) is 5.96 Å². The largest absolute Gasteiger partial charge is 0.494 e. The molecule has 0 amide bonds. The third kappa shape index (κ3) is 5.65. The summed E-state index contributed by atoms with van der Waals surface area (Å²) in [6.45, 7) is 5.78. The van der Waals surface area contributed by atoms with Crippen molar-refractivity contribution in [2.45, 2.75) is 26.8 Å². The molecule has 2 rings (SSSR count). The number of hydrogen-bond acceptors (Lipinski definition) is 4. The van der Waals surface area contributed by atoms with Gasteiger partial charge in [0.25, 0.3) is 0 Å². The van der Waals surface area contributed by atoms with Crippen LogP contribution in [0.15, 0.2) is 39.7 Å². The van der Waals surface area contributed by atoms with Crippen molar-refractivity contribution in [2.24, 2.45) is 4.99 Å². The number of nitrogens with one attached hydrogen (secondary N) is 2. The second kappa shape index (κ2) is 8.82. The molecule has 0 fully saturated rings. The number of para-hydroxylation sites is 1. The van der Waals surface area contributed by atoms with E-state index < -0.39 is 0 Å². The summed E-state index contributed by atoms with van der Waals surface area (Å²) < 4.78 is 11.2. The van der Waals surface area contributed by atoms with Crippen LogP contribution in [-0.4, -0.2) is 31.1 Å². The molecule has 1 aromatic heterocycles. The normalized spacial score (nSPS) is 11.3. The first-order chi connectivity index (χ1) is 11.2. The molecule has 0 atom stereocenters. The van der Waals surface area contributed by atoms with Crippen LogP contribution in [0.5, 0.6) is 5.75 Å². The van der Waals surface area contributed by atoms with Gasteiger partial charge in [-0.05, 0) is 32.4 Å². The number of rotatable bonds is 7. The van der Waals surface area contributed by atoms with Gasteiger partial charge in [-0.1, -0.05) is 18.2 Å². The number of aliphatic imine (C=N–C) groups is 1. The van der Waals surface area contributed by atoms with Crippen LogP contribution in [0.25, 0.3) is 0 Å². The Morgan fingerprint density at radius 3 is 2.65 bits per heavy atom. The average Bonchev–Trinajstić information content (AvgIpc) is 2.89. The van der Waals surface area contributed by atoms with Gasteiger partial charge in [-0.15, -0.1) is 0 Å². The van der Waals surface area contributed by atoms with E-state index in [1.807, 2.05) is 44.2 Å². The summed E-state index contributed by atoms with van der Waals surface area (Å²) in [7, 11) is 1.74. The number of benzene rings is 1. The third-order valence-electron chi connectivity index (χ3n) is 3.33. The van der Waals surface area contributed by atoms with E-state index in [4.69, 9.17) is 9.15 Å². The lowest BCUT2D eigenvalue weighted by atomic mass is 10.3. The van der Waals surface area contributed by atoms with Gasteiger partial charge in [-0.25, -0.2) is 4.98 Å². The van der Waals surface area contributed by atoms with Gasteiger partial charge >= 0.3 is 0 Å². The van der Waals surface area contributed by atoms with E-state index in [1.165, 1.54) is 0 Å². The first kappa shape index (κ1) is 16.9. The van der Waals surface area contributed by atoms with Gasteiger partial charge in [0.1, 0.15) is 11.5 Å². The summed E-state index contributed by atoms with van der Waals surface area (Å²) in [6.07, 6.45) is 0.882. The number of hydrogen-bond donors (Lipinski definition) is 2. The molecule has 1 aromatic carbocycles. The van der Waals surface area contributed by atoms with Gasteiger partial charge in [-0.3, -0.25) is 4.99 Å². The first-order valence-electron chi connectivity index (χ1n) is 7.74. The van der Waals surface area contributed by atoms with Crippen molar-refractivity contribution in [1.82, 2.24) is 15.6 Å². The minimum absolute atomic E-state index is 0.509. The van der Waals surface area contributed by atoms with E-state index in [1.54, 1.807) is 7.05 Å². The van der Waals surface area contributed by atoms with Crippen LogP contribution in [0, 0.1) is 13.8 Å². The maximum atomic E-state index is 5.64. The van der Waals surface area contributed by atoms with Crippen molar-refractivity contribution in [1.29, 1.82) is 0 Å². The van der Waals surface area contributed by atoms with Gasteiger partial charge in [0.2, 0.25) is 5.89 Å². The highest BCUT2D eigenvalue weighted by atomic mass is 16.5. The van der Waals surface area contributed by atoms with Crippen molar-refractivity contribution in [3.63, 3.8) is 0 Å². The smallest absolute Gasteiger partial charge is 0.214 e. The number of guanidine groups is 1. The molecule has 0 aliphatic heterocycles. The monoisotopic (exact) mass is 316 g/mol. The SMILES string of the molecule is CN=C(NCCCOc1ccccc1)NCc1nc(C)c(C)o1. The van der Waals surface area contributed by atoms with E-state index in [9.17, 15) is 0 Å². The molecule has 1 heterocycles. The van der Waals surface area contributed by atoms with Crippen LogP contribution in [-0.2, 0) is 6.54 Å². The Morgan fingerprint density at radius 2 is 2.00 bits per heavy atom. The van der Waals surface area contributed by atoms with E-state index in [0.29, 0.717) is 19.0 Å². The molecule has 2 N–H and O–H groups in total. The van der Waals surface area contributed by atoms with Crippen LogP contribution >= 0.6 is 0 Å². The van der Waals surface area contributed by atoms with Crippen LogP contribution < -0.4 is 15.4 Å². The van der Waals surface area contributed by atoms with Crippen LogP contribution in [0.4, 0.5) is 0 Å². The Hall–Kier alpha value is -2.50. The molecule has 0 aliphatic carbocycles. The fraction of sp³-hybridized carbons (Fsp3) is 0.412. The van der Waals surface area contributed by atoms with Crippen LogP contribution in [0.2, 0.25) is 0 Å². The Bertz CT molecular complexity index is 603. The number of ether oxygens (including phenoxy) is 1. The van der Waals surface area contributed by atoms with E-state index in [0.717, 1.165) is 36.1 Å². The zero-order valence-corrected chi connectivity index (χ0v) is 13.9. The standard InChI is InChI=1S/C17H24N4O2/c1-13-14(2)23-16(21-13)12-20-17(18-3)19-10-7-11-22-15-8-5-4-6-9-15/h4-6,8-9H,7,10-12H2,1-3H3,(H2,18,19,20). The molecule has 0 bridgehead atoms. The average molecular weight is 316 g/mol. The van der Waals surface area contributed by atoms with Crippen LogP contribution in [0.3, 0.4) is 0 Å². The molecule has 23 heavy (non-hydrogen) atoms. The summed E-state index contributed by atoms with van der Waals surface area (Å²) in [6, 6.07) is 9.81. The number of aryl methyl sites for hydroxylation is 2. The molecular formula is C17H24N4O2. The molecular weight excluding hydrogens is 292 g/mol. The first-order valence-corrected chi connectivity index (χ1v) is 7.74. The number of aromatic nitrogens is 1. The summed E-state index contributed by atoms with van der Waals surface area (Å²) >= 11 is 0. The molecule has 2 aromatic rings. The maximum absolute atomic E-state index is 5.64. The van der Waals surface area contributed by atoms with Crippen molar-refractivity contribution < 1.29 is 9.15 Å². The Morgan fingerprint density at radius 1 is 1.22 bits per heavy atom. The summed E-state index contributed by atoms with van der Waals surface area (Å²) in [4.78, 5) is 8.50. The lowest BCUT2D eigenvalue weighted by Gasteiger charge is -2.11. The zero-order chi connectivity index (χ0) is 16.5. The maximum Gasteiger partial charge on any atom is 0.214 e. The molecule has 0 unspecified atom stereocenters. The number of oxazole rings is 1. The van der Waals surface area contributed by atoms with E-state index in [-0.39, 0.29) is 0 Å². The third-order valence-corrected chi connectivity index (χ3v) is 3.33. The van der Waals surface area contributed by atoms with Crippen molar-refractivity contribution in [3.05, 3.63) is 47.7 Å². The summed E-state index contributed by atoms with van der Waals surface area (Å²) in [5.74, 6) is 3.13. The molecule has 0 saturated heterocycles. The predicted molar refractivity (Wildman–Crippen MR) is 90.7 cm³/mol. The highest BCUT2D eigenvalue weighted by molar-refractivity contribution is 5.79. The minimum atomic E-state index is 0.509. The Balaban J connectivity index is 1.63. The fourth-order valence-electron chi connectivity index (χ4n) is 1.98. The predicted octanol–water partition coefficient (Wildman–Crippen LogP) is 2.43. The van der Waals surface area contributed by atoms with Crippen LogP contribution in [0.1, 0.15) is 23.8 Å². The van der Waals surface area contributed by atoms with Crippen molar-refractivity contribution in [2.75, 3.05) is 20.2 Å². The molecule has 0 radical (unpaired) electrons. The lowest BCUT2D eigenvalue weighted by molar-refractivity contribution is 0.311. The van der Waals surface area contributed by atoms with Crippen molar-refractivity contribution >= 4 is 5.96 Å². The second-order valence-corrected chi connectivity index (χ2v) is 5.12. The van der Waals surface area contributed by atoms with E-state index in [2.05, 4.69) is 20.6 Å². The summed E-state index contributed by atoms with van der Waals surface area (Å²) in [5.41, 5.74) is 0.919. The molecule has 0 saturated carbocycles. The number of nitrogens with zero attached hydrogens (tertiary/aromatic N) is 2. The molecule has 0 aliphatic rings. The van der Waals surface area contributed by atoms with Gasteiger partial charge in [-0.2, -0.15) is 0 Å². The quantitative estimate of drug-likeness (QED) is 0.466. The van der Waals surface area contributed by atoms with E-state index >= 15 is 0 Å². The molecule has 124 valence electrons. The topological polar surface area (TPSA) is 71.7 Å². The fourth-order valence-corrected chi connectivity index (χ4v) is 1.98.